The number of hydrogen-bond donors (Lipinski definition) is 0. The molecular weight excluding hydrogens is 567 g/mol. The lowest BCUT2D eigenvalue weighted by atomic mass is 9.81. The third-order valence-corrected chi connectivity index (χ3v) is 10.9. The predicted molar refractivity (Wildman–Crippen MR) is 188 cm³/mol. The summed E-state index contributed by atoms with van der Waals surface area (Å²) >= 11 is 1.91. The summed E-state index contributed by atoms with van der Waals surface area (Å²) in [6.07, 6.45) is 5.92. The van der Waals surface area contributed by atoms with Gasteiger partial charge in [0.25, 0.3) is 0 Å². The number of nitrogens with zero attached hydrogens (tertiary/aromatic N) is 3. The summed E-state index contributed by atoms with van der Waals surface area (Å²) in [7, 11) is 0. The third kappa shape index (κ3) is 3.26. The van der Waals surface area contributed by atoms with E-state index in [2.05, 4.69) is 121 Å². The lowest BCUT2D eigenvalue weighted by Crippen LogP contribution is -2.14. The van der Waals surface area contributed by atoms with Gasteiger partial charge in [0.1, 0.15) is 0 Å². The van der Waals surface area contributed by atoms with Crippen molar-refractivity contribution in [1.82, 2.24) is 14.5 Å². The van der Waals surface area contributed by atoms with Crippen LogP contribution in [-0.4, -0.2) is 14.5 Å². The Kier molecular flexibility index (Phi) is 4.86. The van der Waals surface area contributed by atoms with Gasteiger partial charge in [-0.2, -0.15) is 0 Å². The van der Waals surface area contributed by atoms with Gasteiger partial charge < -0.3 is 0 Å². The molecule has 0 N–H and O–H groups in total. The molecule has 0 saturated heterocycles. The van der Waals surface area contributed by atoms with Crippen molar-refractivity contribution in [3.8, 4) is 16.4 Å². The molecule has 0 radical (unpaired) electrons. The van der Waals surface area contributed by atoms with Gasteiger partial charge >= 0.3 is 0 Å². The van der Waals surface area contributed by atoms with Crippen LogP contribution in [0.25, 0.3) is 75.5 Å². The maximum atomic E-state index is 5.36. The molecule has 3 aromatic heterocycles. The van der Waals surface area contributed by atoms with Gasteiger partial charge in [0.2, 0.25) is 5.95 Å². The average Bonchev–Trinajstić information content (AvgIpc) is 3.71. The molecule has 0 aliphatic heterocycles. The summed E-state index contributed by atoms with van der Waals surface area (Å²) in [5, 5.41) is 7.11. The van der Waals surface area contributed by atoms with E-state index in [-0.39, 0.29) is 5.41 Å². The first-order valence-corrected chi connectivity index (χ1v) is 16.1. The number of benzene rings is 5. The highest BCUT2D eigenvalue weighted by molar-refractivity contribution is 7.23. The molecule has 3 heterocycles. The second-order valence-corrected chi connectivity index (χ2v) is 13.5. The van der Waals surface area contributed by atoms with E-state index in [1.54, 1.807) is 0 Å². The Morgan fingerprint density at radius 3 is 2.36 bits per heavy atom. The number of aromatic nitrogens is 3. The van der Waals surface area contributed by atoms with E-state index in [0.29, 0.717) is 5.95 Å². The lowest BCUT2D eigenvalue weighted by molar-refractivity contribution is 0.667. The lowest BCUT2D eigenvalue weighted by Gasteiger charge is -2.21. The zero-order valence-corrected chi connectivity index (χ0v) is 25.5. The topological polar surface area (TPSA) is 30.7 Å². The fourth-order valence-electron chi connectivity index (χ4n) is 7.64. The largest absolute Gasteiger partial charge is 0.276 e. The fourth-order valence-corrected chi connectivity index (χ4v) is 9.18. The minimum atomic E-state index is -0.0896. The van der Waals surface area contributed by atoms with E-state index in [9.17, 15) is 0 Å². The van der Waals surface area contributed by atoms with Crippen LogP contribution in [0.5, 0.6) is 0 Å². The van der Waals surface area contributed by atoms with Crippen molar-refractivity contribution < 1.29 is 0 Å². The summed E-state index contributed by atoms with van der Waals surface area (Å²) < 4.78 is 3.61. The smallest absolute Gasteiger partial charge is 0.235 e. The first-order valence-electron chi connectivity index (χ1n) is 15.3. The molecule has 10 rings (SSSR count). The molecular formula is C41H25N3S. The Hall–Kier alpha value is -5.50. The number of rotatable bonds is 2. The van der Waals surface area contributed by atoms with Gasteiger partial charge in [-0.25, -0.2) is 9.97 Å². The molecule has 210 valence electrons. The van der Waals surface area contributed by atoms with Crippen LogP contribution in [0.4, 0.5) is 0 Å². The van der Waals surface area contributed by atoms with Crippen molar-refractivity contribution in [2.45, 2.75) is 19.3 Å². The van der Waals surface area contributed by atoms with Gasteiger partial charge in [0.15, 0.2) is 0 Å². The van der Waals surface area contributed by atoms with Crippen molar-refractivity contribution in [2.24, 2.45) is 0 Å². The van der Waals surface area contributed by atoms with Gasteiger partial charge in [-0.15, -0.1) is 11.3 Å². The zero-order chi connectivity index (χ0) is 29.9. The van der Waals surface area contributed by atoms with Gasteiger partial charge in [0, 0.05) is 31.8 Å². The van der Waals surface area contributed by atoms with E-state index >= 15 is 0 Å². The van der Waals surface area contributed by atoms with E-state index < -0.39 is 0 Å². The Morgan fingerprint density at radius 1 is 0.711 bits per heavy atom. The molecule has 0 spiro atoms. The second kappa shape index (κ2) is 8.79. The van der Waals surface area contributed by atoms with Crippen molar-refractivity contribution in [2.75, 3.05) is 0 Å². The van der Waals surface area contributed by atoms with Crippen LogP contribution in [-0.2, 0) is 5.41 Å². The highest BCUT2D eigenvalue weighted by Crippen LogP contribution is 2.56. The molecule has 4 heteroatoms. The first kappa shape index (κ1) is 24.9. The van der Waals surface area contributed by atoms with Gasteiger partial charge in [-0.1, -0.05) is 122 Å². The van der Waals surface area contributed by atoms with Crippen LogP contribution in [0.2, 0.25) is 0 Å². The number of fused-ring (bicyclic) bond motifs is 12. The predicted octanol–water partition coefficient (Wildman–Crippen LogP) is 10.7. The monoisotopic (exact) mass is 591 g/mol. The van der Waals surface area contributed by atoms with E-state index in [4.69, 9.17) is 9.97 Å². The Balaban J connectivity index is 1.42. The molecule has 0 unspecified atom stereocenters. The van der Waals surface area contributed by atoms with Crippen LogP contribution >= 0.6 is 11.3 Å². The quantitative estimate of drug-likeness (QED) is 0.187. The van der Waals surface area contributed by atoms with Gasteiger partial charge in [0.05, 0.1) is 32.5 Å². The molecule has 8 aromatic rings. The molecule has 2 aliphatic rings. The highest BCUT2D eigenvalue weighted by atomic mass is 32.1. The minimum Gasteiger partial charge on any atom is -0.276 e. The third-order valence-electron chi connectivity index (χ3n) is 9.64. The zero-order valence-electron chi connectivity index (χ0n) is 24.7. The van der Waals surface area contributed by atoms with Crippen molar-refractivity contribution in [1.29, 1.82) is 0 Å². The average molecular weight is 592 g/mol. The number of hydrogen-bond acceptors (Lipinski definition) is 3. The number of para-hydroxylation sites is 1. The van der Waals surface area contributed by atoms with Crippen molar-refractivity contribution in [3.63, 3.8) is 0 Å². The SMILES string of the molecule is CC1(C)c2ccccc2-c2sc3c(ccc4c5ccc6ccccc6c5n(-c5nc(C6=C=C=CC=C6)c6ccccc6n5)c43)c21. The fraction of sp³-hybridized carbons (Fsp3) is 0.0732. The standard InChI is InChI=1S/C41H25N3S/c1-41(2)32-18-10-8-16-29(32)38-34(41)31-23-22-28-27-21-20-24-12-6-7-15-26(24)36(27)44(37(28)39(31)45-38)40-42-33-19-11-9-17-30(33)35(43-40)25-13-4-3-5-14-25/h3-4,6-13,15-23H,1-2H3. The maximum Gasteiger partial charge on any atom is 0.235 e. The summed E-state index contributed by atoms with van der Waals surface area (Å²) in [4.78, 5) is 12.0. The Morgan fingerprint density at radius 2 is 1.47 bits per heavy atom. The summed E-state index contributed by atoms with van der Waals surface area (Å²) in [5.41, 5.74) is 15.5. The van der Waals surface area contributed by atoms with Crippen LogP contribution in [0.3, 0.4) is 0 Å². The molecule has 0 amide bonds. The molecule has 0 fully saturated rings. The van der Waals surface area contributed by atoms with Crippen molar-refractivity contribution in [3.05, 3.63) is 144 Å². The molecule has 45 heavy (non-hydrogen) atoms. The summed E-state index contributed by atoms with van der Waals surface area (Å²) in [5.74, 6) is 0.665. The minimum absolute atomic E-state index is 0.0896. The van der Waals surface area contributed by atoms with Gasteiger partial charge in [-0.3, -0.25) is 4.57 Å². The first-order chi connectivity index (χ1) is 22.1. The van der Waals surface area contributed by atoms with Crippen LogP contribution in [0.1, 0.15) is 30.7 Å². The van der Waals surface area contributed by atoms with E-state index in [0.717, 1.165) is 33.2 Å². The molecule has 0 bridgehead atoms. The summed E-state index contributed by atoms with van der Waals surface area (Å²) in [6.45, 7) is 4.73. The van der Waals surface area contributed by atoms with Crippen molar-refractivity contribution >= 4 is 70.5 Å². The summed E-state index contributed by atoms with van der Waals surface area (Å²) in [6, 6.07) is 35.0. The Labute approximate surface area is 263 Å². The highest BCUT2D eigenvalue weighted by Gasteiger charge is 2.39. The molecule has 3 nitrogen and oxygen atoms in total. The number of thiophene rings is 1. The number of allylic oxidation sites excluding steroid dienone is 4. The van der Waals surface area contributed by atoms with Crippen LogP contribution in [0, 0.1) is 0 Å². The van der Waals surface area contributed by atoms with E-state index in [1.807, 2.05) is 35.6 Å². The molecule has 0 atom stereocenters. The van der Waals surface area contributed by atoms with Gasteiger partial charge in [-0.05, 0) is 45.7 Å². The van der Waals surface area contributed by atoms with Crippen LogP contribution < -0.4 is 0 Å². The molecule has 0 saturated carbocycles. The van der Waals surface area contributed by atoms with Crippen LogP contribution in [0.15, 0.2) is 127 Å². The molecule has 5 aromatic carbocycles. The normalized spacial score (nSPS) is 14.7. The Bertz CT molecular complexity index is 2760. The maximum absolute atomic E-state index is 5.36. The molecule has 2 aliphatic carbocycles. The second-order valence-electron chi connectivity index (χ2n) is 12.4. The van der Waals surface area contributed by atoms with E-state index in [1.165, 1.54) is 53.2 Å².